The molecule has 0 amide bonds. The van der Waals surface area contributed by atoms with Gasteiger partial charge in [-0.15, -0.1) is 0 Å². The Bertz CT molecular complexity index is 93.6. The zero-order chi connectivity index (χ0) is 8.85. The topological polar surface area (TPSA) is 9.23 Å². The Balaban J connectivity index is 3.74. The van der Waals surface area contributed by atoms with Gasteiger partial charge in [-0.2, -0.15) is 0 Å². The van der Waals surface area contributed by atoms with Crippen molar-refractivity contribution in [3.63, 3.8) is 0 Å². The van der Waals surface area contributed by atoms with E-state index in [1.807, 2.05) is 6.92 Å². The molecule has 0 rings (SSSR count). The lowest BCUT2D eigenvalue weighted by Gasteiger charge is -2.20. The predicted octanol–water partition coefficient (Wildman–Crippen LogP) is 2.80. The minimum absolute atomic E-state index is 0.208. The SMILES string of the molecule is CCC(F)C(CC(C)C)OC. The minimum atomic E-state index is -0.803. The number of hydrogen-bond acceptors (Lipinski definition) is 1. The highest BCUT2D eigenvalue weighted by atomic mass is 19.1. The molecular weight excluding hydrogens is 143 g/mol. The van der Waals surface area contributed by atoms with Crippen LogP contribution in [-0.4, -0.2) is 19.4 Å². The third-order valence-electron chi connectivity index (χ3n) is 1.80. The van der Waals surface area contributed by atoms with Crippen LogP contribution in [0.15, 0.2) is 0 Å². The van der Waals surface area contributed by atoms with Gasteiger partial charge in [0.1, 0.15) is 6.17 Å². The summed E-state index contributed by atoms with van der Waals surface area (Å²) in [5.74, 6) is 0.504. The smallest absolute Gasteiger partial charge is 0.126 e. The first-order valence-corrected chi connectivity index (χ1v) is 4.28. The molecule has 0 aromatic rings. The van der Waals surface area contributed by atoms with Crippen molar-refractivity contribution in [1.29, 1.82) is 0 Å². The second-order valence-electron chi connectivity index (χ2n) is 3.33. The molecule has 0 heterocycles. The highest BCUT2D eigenvalue weighted by Crippen LogP contribution is 2.15. The van der Waals surface area contributed by atoms with Gasteiger partial charge >= 0.3 is 0 Å². The predicted molar refractivity (Wildman–Crippen MR) is 45.4 cm³/mol. The number of rotatable bonds is 5. The maximum absolute atomic E-state index is 13.0. The van der Waals surface area contributed by atoms with Crippen LogP contribution in [-0.2, 0) is 4.74 Å². The molecule has 0 saturated carbocycles. The standard InChI is InChI=1S/C9H19FO/c1-5-8(10)9(11-4)6-7(2)3/h7-9H,5-6H2,1-4H3. The van der Waals surface area contributed by atoms with Crippen LogP contribution in [0.3, 0.4) is 0 Å². The second-order valence-corrected chi connectivity index (χ2v) is 3.33. The molecule has 2 unspecified atom stereocenters. The van der Waals surface area contributed by atoms with Crippen molar-refractivity contribution < 1.29 is 9.13 Å². The Hall–Kier alpha value is -0.110. The van der Waals surface area contributed by atoms with Gasteiger partial charge in [-0.25, -0.2) is 4.39 Å². The fourth-order valence-electron chi connectivity index (χ4n) is 1.12. The van der Waals surface area contributed by atoms with Gasteiger partial charge in [-0.1, -0.05) is 20.8 Å². The third kappa shape index (κ3) is 4.35. The lowest BCUT2D eigenvalue weighted by Crippen LogP contribution is -2.25. The van der Waals surface area contributed by atoms with Crippen LogP contribution >= 0.6 is 0 Å². The van der Waals surface area contributed by atoms with Gasteiger partial charge in [-0.3, -0.25) is 0 Å². The van der Waals surface area contributed by atoms with Gasteiger partial charge in [0, 0.05) is 7.11 Å². The summed E-state index contributed by atoms with van der Waals surface area (Å²) in [7, 11) is 1.58. The van der Waals surface area contributed by atoms with E-state index in [-0.39, 0.29) is 6.10 Å². The fraction of sp³-hybridized carbons (Fsp3) is 1.00. The summed E-state index contributed by atoms with van der Waals surface area (Å²) < 4.78 is 18.1. The Morgan fingerprint density at radius 1 is 1.36 bits per heavy atom. The maximum Gasteiger partial charge on any atom is 0.126 e. The molecule has 2 atom stereocenters. The first kappa shape index (κ1) is 10.9. The second kappa shape index (κ2) is 5.53. The summed E-state index contributed by atoms with van der Waals surface area (Å²) in [6.07, 6.45) is 0.346. The zero-order valence-electron chi connectivity index (χ0n) is 7.93. The molecule has 0 aromatic heterocycles. The van der Waals surface area contributed by atoms with Crippen LogP contribution in [0.1, 0.15) is 33.6 Å². The third-order valence-corrected chi connectivity index (χ3v) is 1.80. The van der Waals surface area contributed by atoms with E-state index in [0.717, 1.165) is 6.42 Å². The Morgan fingerprint density at radius 2 is 1.91 bits per heavy atom. The fourth-order valence-corrected chi connectivity index (χ4v) is 1.12. The summed E-state index contributed by atoms with van der Waals surface area (Å²) in [6, 6.07) is 0. The van der Waals surface area contributed by atoms with Crippen molar-refractivity contribution in [2.24, 2.45) is 5.92 Å². The van der Waals surface area contributed by atoms with Crippen LogP contribution in [0.4, 0.5) is 4.39 Å². The molecule has 0 N–H and O–H groups in total. The van der Waals surface area contributed by atoms with E-state index in [1.165, 1.54) is 0 Å². The number of hydrogen-bond donors (Lipinski definition) is 0. The maximum atomic E-state index is 13.0. The molecule has 0 fully saturated rings. The lowest BCUT2D eigenvalue weighted by atomic mass is 10.0. The molecule has 0 radical (unpaired) electrons. The highest BCUT2D eigenvalue weighted by molar-refractivity contribution is 4.68. The molecule has 0 saturated heterocycles. The Morgan fingerprint density at radius 3 is 2.18 bits per heavy atom. The molecule has 0 aromatic carbocycles. The van der Waals surface area contributed by atoms with Gasteiger partial charge < -0.3 is 4.74 Å². The normalized spacial score (nSPS) is 16.9. The largest absolute Gasteiger partial charge is 0.378 e. The van der Waals surface area contributed by atoms with Crippen molar-refractivity contribution in [2.45, 2.75) is 45.9 Å². The number of ether oxygens (including phenoxy) is 1. The summed E-state index contributed by atoms with van der Waals surface area (Å²) >= 11 is 0. The van der Waals surface area contributed by atoms with Crippen molar-refractivity contribution in [3.05, 3.63) is 0 Å². The highest BCUT2D eigenvalue weighted by Gasteiger charge is 2.19. The summed E-state index contributed by atoms with van der Waals surface area (Å²) in [5.41, 5.74) is 0. The average Bonchev–Trinajstić information content (AvgIpc) is 1.98. The summed E-state index contributed by atoms with van der Waals surface area (Å²) in [5, 5.41) is 0. The molecule has 0 spiro atoms. The molecule has 0 aliphatic heterocycles. The molecule has 11 heavy (non-hydrogen) atoms. The average molecular weight is 162 g/mol. The quantitative estimate of drug-likeness (QED) is 0.604. The van der Waals surface area contributed by atoms with Crippen molar-refractivity contribution >= 4 is 0 Å². The molecule has 0 aliphatic carbocycles. The van der Waals surface area contributed by atoms with E-state index in [9.17, 15) is 4.39 Å². The molecule has 2 heteroatoms. The van der Waals surface area contributed by atoms with E-state index in [1.54, 1.807) is 7.11 Å². The molecule has 0 bridgehead atoms. The van der Waals surface area contributed by atoms with Crippen LogP contribution in [0, 0.1) is 5.92 Å². The zero-order valence-corrected chi connectivity index (χ0v) is 7.93. The van der Waals surface area contributed by atoms with Crippen LogP contribution in [0.25, 0.3) is 0 Å². The van der Waals surface area contributed by atoms with Crippen LogP contribution in [0.2, 0.25) is 0 Å². The van der Waals surface area contributed by atoms with Crippen molar-refractivity contribution in [1.82, 2.24) is 0 Å². The van der Waals surface area contributed by atoms with Gasteiger partial charge in [0.05, 0.1) is 6.10 Å². The Kier molecular flexibility index (Phi) is 5.47. The summed E-state index contributed by atoms with van der Waals surface area (Å²) in [6.45, 7) is 6.00. The first-order chi connectivity index (χ1) is 5.11. The molecular formula is C9H19FO. The van der Waals surface area contributed by atoms with Gasteiger partial charge in [0.15, 0.2) is 0 Å². The number of halogens is 1. The van der Waals surface area contributed by atoms with Crippen LogP contribution in [0.5, 0.6) is 0 Å². The monoisotopic (exact) mass is 162 g/mol. The van der Waals surface area contributed by atoms with Crippen molar-refractivity contribution in [2.75, 3.05) is 7.11 Å². The number of methoxy groups -OCH3 is 1. The van der Waals surface area contributed by atoms with E-state index >= 15 is 0 Å². The minimum Gasteiger partial charge on any atom is -0.378 e. The van der Waals surface area contributed by atoms with Gasteiger partial charge in [0.25, 0.3) is 0 Å². The molecule has 0 aliphatic rings. The van der Waals surface area contributed by atoms with E-state index < -0.39 is 6.17 Å². The van der Waals surface area contributed by atoms with E-state index in [2.05, 4.69) is 13.8 Å². The first-order valence-electron chi connectivity index (χ1n) is 4.28. The lowest BCUT2D eigenvalue weighted by molar-refractivity contribution is 0.0169. The van der Waals surface area contributed by atoms with E-state index in [4.69, 9.17) is 4.74 Å². The molecule has 1 nitrogen and oxygen atoms in total. The van der Waals surface area contributed by atoms with Gasteiger partial charge in [0.2, 0.25) is 0 Å². The Labute approximate surface area is 68.9 Å². The van der Waals surface area contributed by atoms with Gasteiger partial charge in [-0.05, 0) is 18.8 Å². The van der Waals surface area contributed by atoms with Crippen LogP contribution < -0.4 is 0 Å². The molecule has 68 valence electrons. The van der Waals surface area contributed by atoms with Crippen molar-refractivity contribution in [3.8, 4) is 0 Å². The van der Waals surface area contributed by atoms with E-state index in [0.29, 0.717) is 12.3 Å². The summed E-state index contributed by atoms with van der Waals surface area (Å²) in [4.78, 5) is 0. The number of alkyl halides is 1.